The summed E-state index contributed by atoms with van der Waals surface area (Å²) in [5, 5.41) is 0. The molecule has 0 aliphatic carbocycles. The van der Waals surface area contributed by atoms with Gasteiger partial charge in [0.1, 0.15) is 4.91 Å². The number of thiol groups is 1. The second-order valence-electron chi connectivity index (χ2n) is 4.50. The van der Waals surface area contributed by atoms with Gasteiger partial charge in [-0.2, -0.15) is 13.2 Å². The summed E-state index contributed by atoms with van der Waals surface area (Å²) in [4.78, 5) is 1.15. The van der Waals surface area contributed by atoms with Crippen LogP contribution in [0.4, 0.5) is 18.9 Å². The van der Waals surface area contributed by atoms with Crippen molar-refractivity contribution in [3.05, 3.63) is 34.7 Å². The second-order valence-corrected chi connectivity index (χ2v) is 4.95. The molecule has 104 valence electrons. The van der Waals surface area contributed by atoms with Crippen molar-refractivity contribution in [2.24, 2.45) is 5.73 Å². The molecule has 0 aromatic heterocycles. The highest BCUT2D eigenvalue weighted by Gasteiger charge is 2.33. The van der Waals surface area contributed by atoms with Crippen LogP contribution in [0.25, 0.3) is 5.70 Å². The molecule has 1 fully saturated rings. The molecule has 1 aromatic rings. The fourth-order valence-corrected chi connectivity index (χ4v) is 2.25. The molecule has 1 saturated heterocycles. The van der Waals surface area contributed by atoms with Crippen molar-refractivity contribution in [2.45, 2.75) is 19.0 Å². The first-order valence-electron chi connectivity index (χ1n) is 6.01. The van der Waals surface area contributed by atoms with E-state index in [4.69, 9.17) is 5.73 Å². The molecule has 19 heavy (non-hydrogen) atoms. The van der Waals surface area contributed by atoms with E-state index in [1.165, 1.54) is 0 Å². The van der Waals surface area contributed by atoms with Crippen molar-refractivity contribution in [1.82, 2.24) is 0 Å². The Labute approximate surface area is 115 Å². The van der Waals surface area contributed by atoms with Gasteiger partial charge >= 0.3 is 6.18 Å². The Hall–Kier alpha value is -1.30. The average Bonchev–Trinajstić information content (AvgIpc) is 2.90. The molecule has 0 bridgehead atoms. The number of hydrogen-bond acceptors (Lipinski definition) is 3. The molecule has 0 atom stereocenters. The maximum atomic E-state index is 12.5. The van der Waals surface area contributed by atoms with Gasteiger partial charge in [0, 0.05) is 18.8 Å². The van der Waals surface area contributed by atoms with Gasteiger partial charge in [-0.15, -0.1) is 12.6 Å². The van der Waals surface area contributed by atoms with Gasteiger partial charge < -0.3 is 10.6 Å². The van der Waals surface area contributed by atoms with E-state index < -0.39 is 11.1 Å². The summed E-state index contributed by atoms with van der Waals surface area (Å²) in [6, 6.07) is 6.80. The zero-order valence-electron chi connectivity index (χ0n) is 10.2. The first kappa shape index (κ1) is 14.1. The van der Waals surface area contributed by atoms with Gasteiger partial charge in [0.2, 0.25) is 0 Å². The van der Waals surface area contributed by atoms with E-state index in [2.05, 4.69) is 17.5 Å². The van der Waals surface area contributed by atoms with Gasteiger partial charge in [0.25, 0.3) is 0 Å². The maximum absolute atomic E-state index is 12.5. The van der Waals surface area contributed by atoms with Crippen molar-refractivity contribution in [1.29, 1.82) is 0 Å². The molecule has 2 rings (SSSR count). The molecule has 0 saturated carbocycles. The Morgan fingerprint density at radius 3 is 2.11 bits per heavy atom. The topological polar surface area (TPSA) is 29.3 Å². The summed E-state index contributed by atoms with van der Waals surface area (Å²) < 4.78 is 37.5. The second kappa shape index (κ2) is 5.36. The van der Waals surface area contributed by atoms with Gasteiger partial charge in [-0.25, -0.2) is 0 Å². The summed E-state index contributed by atoms with van der Waals surface area (Å²) in [7, 11) is 0. The third kappa shape index (κ3) is 3.18. The minimum absolute atomic E-state index is 0.338. The van der Waals surface area contributed by atoms with Crippen molar-refractivity contribution >= 4 is 24.0 Å². The van der Waals surface area contributed by atoms with Gasteiger partial charge in [0.05, 0.1) is 5.70 Å². The van der Waals surface area contributed by atoms with Gasteiger partial charge in [0.15, 0.2) is 0 Å². The molecular formula is C13H15F3N2S. The van der Waals surface area contributed by atoms with E-state index in [1.807, 2.05) is 0 Å². The number of alkyl halides is 3. The zero-order valence-corrected chi connectivity index (χ0v) is 11.1. The minimum atomic E-state index is -4.51. The first-order chi connectivity index (χ1) is 8.89. The lowest BCUT2D eigenvalue weighted by Gasteiger charge is -2.18. The lowest BCUT2D eigenvalue weighted by molar-refractivity contribution is -0.0829. The number of rotatable bonds is 2. The molecule has 1 aromatic carbocycles. The normalized spacial score (nSPS) is 17.6. The van der Waals surface area contributed by atoms with Crippen LogP contribution in [0.15, 0.2) is 29.2 Å². The Morgan fingerprint density at radius 2 is 1.63 bits per heavy atom. The molecule has 0 unspecified atom stereocenters. The Kier molecular flexibility index (Phi) is 3.99. The van der Waals surface area contributed by atoms with Crippen molar-refractivity contribution in [3.8, 4) is 0 Å². The highest BCUT2D eigenvalue weighted by Crippen LogP contribution is 2.33. The van der Waals surface area contributed by atoms with E-state index in [0.717, 1.165) is 31.6 Å². The summed E-state index contributed by atoms with van der Waals surface area (Å²) in [5.74, 6) is 0. The number of halogens is 3. The van der Waals surface area contributed by atoms with Crippen LogP contribution in [0, 0.1) is 0 Å². The van der Waals surface area contributed by atoms with Crippen LogP contribution in [-0.2, 0) is 0 Å². The predicted molar refractivity (Wildman–Crippen MR) is 74.0 cm³/mol. The lowest BCUT2D eigenvalue weighted by Crippen LogP contribution is -2.17. The fourth-order valence-electron chi connectivity index (χ4n) is 2.12. The van der Waals surface area contributed by atoms with Crippen molar-refractivity contribution in [3.63, 3.8) is 0 Å². The Morgan fingerprint density at radius 1 is 1.11 bits per heavy atom. The number of hydrogen-bond donors (Lipinski definition) is 2. The molecular weight excluding hydrogens is 273 g/mol. The SMILES string of the molecule is N/C(=C(\S)C(F)(F)F)c1ccc(N2CCCC2)cc1. The summed E-state index contributed by atoms with van der Waals surface area (Å²) in [5.41, 5.74) is 6.51. The van der Waals surface area contributed by atoms with E-state index in [9.17, 15) is 13.2 Å². The number of benzene rings is 1. The number of nitrogens with two attached hydrogens (primary N) is 1. The summed E-state index contributed by atoms with van der Waals surface area (Å²) in [6.45, 7) is 1.98. The van der Waals surface area contributed by atoms with Crippen LogP contribution in [0.3, 0.4) is 0 Å². The first-order valence-corrected chi connectivity index (χ1v) is 6.45. The maximum Gasteiger partial charge on any atom is 0.424 e. The highest BCUT2D eigenvalue weighted by molar-refractivity contribution is 7.84. The fraction of sp³-hybridized carbons (Fsp3) is 0.385. The van der Waals surface area contributed by atoms with Crippen LogP contribution in [0.2, 0.25) is 0 Å². The summed E-state index contributed by atoms with van der Waals surface area (Å²) >= 11 is 3.45. The van der Waals surface area contributed by atoms with Gasteiger partial charge in [-0.05, 0) is 30.5 Å². The van der Waals surface area contributed by atoms with Crippen molar-refractivity contribution in [2.75, 3.05) is 18.0 Å². The van der Waals surface area contributed by atoms with E-state index in [0.29, 0.717) is 5.56 Å². The van der Waals surface area contributed by atoms with E-state index in [-0.39, 0.29) is 5.70 Å². The summed E-state index contributed by atoms with van der Waals surface area (Å²) in [6.07, 6.45) is -2.21. The van der Waals surface area contributed by atoms with E-state index in [1.54, 1.807) is 24.3 Å². The molecule has 0 spiro atoms. The molecule has 2 N–H and O–H groups in total. The minimum Gasteiger partial charge on any atom is -0.397 e. The van der Waals surface area contributed by atoms with Gasteiger partial charge in [-0.3, -0.25) is 0 Å². The quantitative estimate of drug-likeness (QED) is 0.817. The molecule has 6 heteroatoms. The highest BCUT2D eigenvalue weighted by atomic mass is 32.1. The van der Waals surface area contributed by atoms with Crippen LogP contribution in [0.5, 0.6) is 0 Å². The smallest absolute Gasteiger partial charge is 0.397 e. The molecule has 1 heterocycles. The standard InChI is InChI=1S/C13H15F3N2S/c14-13(15,16)12(19)11(17)9-3-5-10(6-4-9)18-7-1-2-8-18/h3-6,19H,1-2,7-8,17H2/b12-11-. The molecule has 1 aliphatic rings. The van der Waals surface area contributed by atoms with Crippen LogP contribution < -0.4 is 10.6 Å². The predicted octanol–water partition coefficient (Wildman–Crippen LogP) is 3.41. The molecule has 0 radical (unpaired) electrons. The molecule has 2 nitrogen and oxygen atoms in total. The molecule has 1 aliphatic heterocycles. The van der Waals surface area contributed by atoms with Crippen LogP contribution >= 0.6 is 12.6 Å². The number of nitrogens with zero attached hydrogens (tertiary/aromatic N) is 1. The zero-order chi connectivity index (χ0) is 14.0. The third-order valence-corrected chi connectivity index (χ3v) is 3.67. The Bertz CT molecular complexity index is 474. The van der Waals surface area contributed by atoms with E-state index >= 15 is 0 Å². The van der Waals surface area contributed by atoms with Crippen LogP contribution in [-0.4, -0.2) is 19.3 Å². The number of anilines is 1. The van der Waals surface area contributed by atoms with Gasteiger partial charge in [-0.1, -0.05) is 12.1 Å². The van der Waals surface area contributed by atoms with Crippen molar-refractivity contribution < 1.29 is 13.2 Å². The molecule has 0 amide bonds. The average molecular weight is 288 g/mol. The Balaban J connectivity index is 2.23. The van der Waals surface area contributed by atoms with Crippen LogP contribution in [0.1, 0.15) is 18.4 Å². The monoisotopic (exact) mass is 288 g/mol. The number of allylic oxidation sites excluding steroid dienone is 1. The third-order valence-electron chi connectivity index (χ3n) is 3.17. The lowest BCUT2D eigenvalue weighted by atomic mass is 10.1. The largest absolute Gasteiger partial charge is 0.424 e.